The molecule has 0 saturated heterocycles. The van der Waals surface area contributed by atoms with Crippen molar-refractivity contribution in [3.63, 3.8) is 0 Å². The van der Waals surface area contributed by atoms with Gasteiger partial charge >= 0.3 is 5.97 Å². The van der Waals surface area contributed by atoms with Crippen molar-refractivity contribution in [1.29, 1.82) is 0 Å². The van der Waals surface area contributed by atoms with Crippen LogP contribution in [-0.2, 0) is 14.3 Å². The lowest BCUT2D eigenvalue weighted by molar-refractivity contribution is -0.143. The van der Waals surface area contributed by atoms with Crippen LogP contribution in [-0.4, -0.2) is 47.4 Å². The topological polar surface area (TPSA) is 95.9 Å². The molecule has 6 nitrogen and oxygen atoms in total. The van der Waals surface area contributed by atoms with Crippen LogP contribution in [0.3, 0.4) is 0 Å². The van der Waals surface area contributed by atoms with Crippen molar-refractivity contribution >= 4 is 11.9 Å². The monoisotopic (exact) mass is 818 g/mol. The lowest BCUT2D eigenvalue weighted by Gasteiger charge is -2.22. The predicted octanol–water partition coefficient (Wildman–Crippen LogP) is 15.1. The van der Waals surface area contributed by atoms with Crippen molar-refractivity contribution in [2.45, 2.75) is 283 Å². The Morgan fingerprint density at radius 3 is 1.29 bits per heavy atom. The standard InChI is InChI=1S/C52H99NO5/c1-3-5-7-9-11-13-15-17-18-19-20-21-22-23-24-25-28-32-36-40-44-50(55)49(48-54)53-51(56)45-41-37-33-29-27-31-35-39-43-47-58-52(57)46-42-38-34-30-26-16-14-12-10-8-6-4-2/h12,14,29,33,49-50,54-55H,3-11,13,15-28,30-32,34-48H2,1-2H3,(H,53,56)/b14-12-,33-29-. The summed E-state index contributed by atoms with van der Waals surface area (Å²) in [6.07, 6.45) is 55.8. The highest BCUT2D eigenvalue weighted by Gasteiger charge is 2.20. The number of aliphatic hydroxyl groups excluding tert-OH is 2. The summed E-state index contributed by atoms with van der Waals surface area (Å²) in [6.45, 7) is 4.84. The van der Waals surface area contributed by atoms with Crippen LogP contribution in [0.15, 0.2) is 24.3 Å². The van der Waals surface area contributed by atoms with Gasteiger partial charge in [0, 0.05) is 12.8 Å². The second kappa shape index (κ2) is 48.0. The van der Waals surface area contributed by atoms with Crippen molar-refractivity contribution in [2.24, 2.45) is 0 Å². The maximum Gasteiger partial charge on any atom is 0.305 e. The van der Waals surface area contributed by atoms with E-state index in [2.05, 4.69) is 43.5 Å². The molecule has 0 radical (unpaired) electrons. The number of rotatable bonds is 47. The first-order valence-corrected chi connectivity index (χ1v) is 25.6. The Morgan fingerprint density at radius 1 is 0.466 bits per heavy atom. The van der Waals surface area contributed by atoms with E-state index in [1.54, 1.807) is 0 Å². The number of aliphatic hydroxyl groups is 2. The highest BCUT2D eigenvalue weighted by Crippen LogP contribution is 2.16. The van der Waals surface area contributed by atoms with Gasteiger partial charge in [-0.05, 0) is 70.6 Å². The fourth-order valence-corrected chi connectivity index (χ4v) is 7.75. The van der Waals surface area contributed by atoms with Crippen molar-refractivity contribution in [2.75, 3.05) is 13.2 Å². The van der Waals surface area contributed by atoms with Crippen LogP contribution < -0.4 is 5.32 Å². The van der Waals surface area contributed by atoms with Gasteiger partial charge in [0.2, 0.25) is 5.91 Å². The zero-order chi connectivity index (χ0) is 42.3. The summed E-state index contributed by atoms with van der Waals surface area (Å²) in [4.78, 5) is 24.4. The molecular formula is C52H99NO5. The number of esters is 1. The van der Waals surface area contributed by atoms with E-state index in [1.807, 2.05) is 0 Å². The van der Waals surface area contributed by atoms with Crippen LogP contribution in [0.2, 0.25) is 0 Å². The van der Waals surface area contributed by atoms with Crippen LogP contribution in [0.4, 0.5) is 0 Å². The SMILES string of the molecule is CCCCC/C=C\CCCCCCCC(=O)OCCCCCC/C=C\CCCC(=O)NC(CO)C(O)CCCCCCCCCCCCCCCCCCCCCC. The zero-order valence-corrected chi connectivity index (χ0v) is 38.8. The van der Waals surface area contributed by atoms with Gasteiger partial charge in [0.05, 0.1) is 25.4 Å². The van der Waals surface area contributed by atoms with Crippen LogP contribution in [0.5, 0.6) is 0 Å². The summed E-state index contributed by atoms with van der Waals surface area (Å²) in [5.74, 6) is -0.140. The minimum absolute atomic E-state index is 0.0455. The van der Waals surface area contributed by atoms with Crippen molar-refractivity contribution in [3.8, 4) is 0 Å². The average Bonchev–Trinajstić information content (AvgIpc) is 3.22. The van der Waals surface area contributed by atoms with Crippen molar-refractivity contribution in [1.82, 2.24) is 5.32 Å². The predicted molar refractivity (Wildman–Crippen MR) is 250 cm³/mol. The quantitative estimate of drug-likeness (QED) is 0.0323. The molecule has 2 atom stereocenters. The van der Waals surface area contributed by atoms with Gasteiger partial charge in [-0.3, -0.25) is 9.59 Å². The molecule has 3 N–H and O–H groups in total. The Labute approximate surface area is 361 Å². The number of ether oxygens (including phenoxy) is 1. The number of unbranched alkanes of at least 4 members (excludes halogenated alkanes) is 32. The number of carbonyl (C=O) groups excluding carboxylic acids is 2. The molecule has 0 saturated carbocycles. The maximum atomic E-state index is 12.4. The van der Waals surface area contributed by atoms with Crippen LogP contribution in [0.1, 0.15) is 271 Å². The number of nitrogens with one attached hydrogen (secondary N) is 1. The van der Waals surface area contributed by atoms with Gasteiger partial charge in [-0.1, -0.05) is 212 Å². The van der Waals surface area contributed by atoms with Gasteiger partial charge in [0.25, 0.3) is 0 Å². The molecule has 0 spiro atoms. The van der Waals surface area contributed by atoms with E-state index in [1.165, 1.54) is 167 Å². The molecular weight excluding hydrogens is 719 g/mol. The summed E-state index contributed by atoms with van der Waals surface area (Å²) in [5, 5.41) is 23.2. The van der Waals surface area contributed by atoms with Gasteiger partial charge in [0.1, 0.15) is 0 Å². The Kier molecular flexibility index (Phi) is 46.6. The van der Waals surface area contributed by atoms with Crippen molar-refractivity contribution < 1.29 is 24.5 Å². The smallest absolute Gasteiger partial charge is 0.305 e. The molecule has 0 aromatic heterocycles. The van der Waals surface area contributed by atoms with Gasteiger partial charge in [-0.2, -0.15) is 0 Å². The third kappa shape index (κ3) is 43.9. The molecule has 0 bridgehead atoms. The van der Waals surface area contributed by atoms with Crippen LogP contribution in [0.25, 0.3) is 0 Å². The van der Waals surface area contributed by atoms with Gasteiger partial charge < -0.3 is 20.3 Å². The number of amides is 1. The largest absolute Gasteiger partial charge is 0.466 e. The summed E-state index contributed by atoms with van der Waals surface area (Å²) in [5.41, 5.74) is 0. The van der Waals surface area contributed by atoms with Crippen LogP contribution >= 0.6 is 0 Å². The number of carbonyl (C=O) groups is 2. The van der Waals surface area contributed by atoms with E-state index in [-0.39, 0.29) is 18.5 Å². The highest BCUT2D eigenvalue weighted by molar-refractivity contribution is 5.76. The van der Waals surface area contributed by atoms with E-state index in [9.17, 15) is 19.8 Å². The van der Waals surface area contributed by atoms with E-state index in [0.29, 0.717) is 25.9 Å². The maximum absolute atomic E-state index is 12.4. The first-order chi connectivity index (χ1) is 28.5. The fourth-order valence-electron chi connectivity index (χ4n) is 7.75. The summed E-state index contributed by atoms with van der Waals surface area (Å²) < 4.78 is 5.42. The molecule has 0 aliphatic heterocycles. The summed E-state index contributed by atoms with van der Waals surface area (Å²) >= 11 is 0. The van der Waals surface area contributed by atoms with Gasteiger partial charge in [-0.15, -0.1) is 0 Å². The second-order valence-electron chi connectivity index (χ2n) is 17.5. The first-order valence-electron chi connectivity index (χ1n) is 25.6. The summed E-state index contributed by atoms with van der Waals surface area (Å²) in [6, 6.07) is -0.579. The number of allylic oxidation sites excluding steroid dienone is 4. The van der Waals surface area contributed by atoms with E-state index >= 15 is 0 Å². The molecule has 0 aliphatic rings. The Bertz CT molecular complexity index is 904. The molecule has 0 aromatic rings. The van der Waals surface area contributed by atoms with Gasteiger partial charge in [0.15, 0.2) is 0 Å². The number of hydrogen-bond donors (Lipinski definition) is 3. The first kappa shape index (κ1) is 56.3. The molecule has 0 aliphatic carbocycles. The third-order valence-corrected chi connectivity index (χ3v) is 11.7. The van der Waals surface area contributed by atoms with Gasteiger partial charge in [-0.25, -0.2) is 0 Å². The zero-order valence-electron chi connectivity index (χ0n) is 38.8. The molecule has 0 fully saturated rings. The second-order valence-corrected chi connectivity index (χ2v) is 17.5. The lowest BCUT2D eigenvalue weighted by Crippen LogP contribution is -2.45. The highest BCUT2D eigenvalue weighted by atomic mass is 16.5. The minimum atomic E-state index is -0.696. The number of hydrogen-bond acceptors (Lipinski definition) is 5. The third-order valence-electron chi connectivity index (χ3n) is 11.7. The fraction of sp³-hybridized carbons (Fsp3) is 0.885. The Morgan fingerprint density at radius 2 is 0.828 bits per heavy atom. The van der Waals surface area contributed by atoms with Crippen LogP contribution in [0, 0.1) is 0 Å². The van der Waals surface area contributed by atoms with E-state index in [0.717, 1.165) is 70.6 Å². The molecule has 2 unspecified atom stereocenters. The van der Waals surface area contributed by atoms with E-state index in [4.69, 9.17) is 4.74 Å². The molecule has 58 heavy (non-hydrogen) atoms. The minimum Gasteiger partial charge on any atom is -0.466 e. The summed E-state index contributed by atoms with van der Waals surface area (Å²) in [7, 11) is 0. The lowest BCUT2D eigenvalue weighted by atomic mass is 10.0. The molecule has 6 heteroatoms. The van der Waals surface area contributed by atoms with E-state index < -0.39 is 12.1 Å². The Hall–Kier alpha value is -1.66. The molecule has 0 rings (SSSR count). The molecule has 1 amide bonds. The molecule has 342 valence electrons. The Balaban J connectivity index is 3.54. The van der Waals surface area contributed by atoms with Crippen molar-refractivity contribution in [3.05, 3.63) is 24.3 Å². The molecule has 0 aromatic carbocycles. The normalized spacial score (nSPS) is 12.8. The average molecular weight is 818 g/mol. The molecule has 0 heterocycles.